The Hall–Kier alpha value is 0.01000. The van der Waals surface area contributed by atoms with Gasteiger partial charge in [-0.05, 0) is 6.42 Å². The molecule has 1 heterocycles. The Bertz CT molecular complexity index is 121. The lowest BCUT2D eigenvalue weighted by Crippen LogP contribution is -2.34. The summed E-state index contributed by atoms with van der Waals surface area (Å²) in [6.07, 6.45) is 2.02. The van der Waals surface area contributed by atoms with E-state index in [9.17, 15) is 5.11 Å². The summed E-state index contributed by atoms with van der Waals surface area (Å²) in [7, 11) is 0. The van der Waals surface area contributed by atoms with E-state index in [2.05, 4.69) is 6.58 Å². The SMILES string of the molecule is C=CCC(O)C1CSCCO1. The second kappa shape index (κ2) is 4.80. The van der Waals surface area contributed by atoms with Crippen molar-refractivity contribution in [2.75, 3.05) is 18.1 Å². The molecule has 0 bridgehead atoms. The Morgan fingerprint density at radius 3 is 3.18 bits per heavy atom. The summed E-state index contributed by atoms with van der Waals surface area (Å²) >= 11 is 1.84. The zero-order valence-corrected chi connectivity index (χ0v) is 7.35. The molecule has 0 saturated carbocycles. The average molecular weight is 174 g/mol. The molecule has 0 aromatic carbocycles. The lowest BCUT2D eigenvalue weighted by Gasteiger charge is -2.25. The Balaban J connectivity index is 2.26. The molecule has 1 saturated heterocycles. The molecule has 11 heavy (non-hydrogen) atoms. The third-order valence-corrected chi connectivity index (χ3v) is 2.70. The van der Waals surface area contributed by atoms with Crippen molar-refractivity contribution in [3.63, 3.8) is 0 Å². The fraction of sp³-hybridized carbons (Fsp3) is 0.750. The van der Waals surface area contributed by atoms with Crippen LogP contribution in [-0.2, 0) is 4.74 Å². The molecular formula is C8H14O2S. The second-order valence-electron chi connectivity index (χ2n) is 2.58. The molecule has 1 N–H and O–H groups in total. The van der Waals surface area contributed by atoms with Crippen molar-refractivity contribution in [1.29, 1.82) is 0 Å². The lowest BCUT2D eigenvalue weighted by atomic mass is 10.1. The van der Waals surface area contributed by atoms with Gasteiger partial charge in [0.15, 0.2) is 0 Å². The predicted octanol–water partition coefficient (Wildman–Crippen LogP) is 1.06. The molecule has 0 spiro atoms. The van der Waals surface area contributed by atoms with Crippen LogP contribution < -0.4 is 0 Å². The molecule has 2 nitrogen and oxygen atoms in total. The number of thioether (sulfide) groups is 1. The highest BCUT2D eigenvalue weighted by molar-refractivity contribution is 7.99. The van der Waals surface area contributed by atoms with Crippen LogP contribution in [0.5, 0.6) is 0 Å². The first-order valence-electron chi connectivity index (χ1n) is 3.83. The maximum absolute atomic E-state index is 9.46. The molecule has 0 radical (unpaired) electrons. The van der Waals surface area contributed by atoms with Crippen molar-refractivity contribution < 1.29 is 9.84 Å². The van der Waals surface area contributed by atoms with Gasteiger partial charge in [0.1, 0.15) is 0 Å². The summed E-state index contributed by atoms with van der Waals surface area (Å²) in [4.78, 5) is 0. The quantitative estimate of drug-likeness (QED) is 0.649. The van der Waals surface area contributed by atoms with Gasteiger partial charge in [0.05, 0.1) is 18.8 Å². The van der Waals surface area contributed by atoms with Crippen LogP contribution in [0.2, 0.25) is 0 Å². The molecule has 3 heteroatoms. The van der Waals surface area contributed by atoms with Crippen molar-refractivity contribution in [3.8, 4) is 0 Å². The Labute approximate surface area is 71.6 Å². The zero-order valence-electron chi connectivity index (χ0n) is 6.53. The van der Waals surface area contributed by atoms with Gasteiger partial charge >= 0.3 is 0 Å². The predicted molar refractivity (Wildman–Crippen MR) is 47.9 cm³/mol. The molecule has 0 aliphatic carbocycles. The van der Waals surface area contributed by atoms with E-state index >= 15 is 0 Å². The largest absolute Gasteiger partial charge is 0.390 e. The maximum atomic E-state index is 9.46. The molecule has 2 unspecified atom stereocenters. The van der Waals surface area contributed by atoms with Crippen molar-refractivity contribution in [1.82, 2.24) is 0 Å². The van der Waals surface area contributed by atoms with E-state index in [0.717, 1.165) is 18.1 Å². The molecular weight excluding hydrogens is 160 g/mol. The minimum absolute atomic E-state index is 0.0201. The van der Waals surface area contributed by atoms with Crippen LogP contribution >= 0.6 is 11.8 Å². The van der Waals surface area contributed by atoms with E-state index in [4.69, 9.17) is 4.74 Å². The molecule has 1 aliphatic rings. The summed E-state index contributed by atoms with van der Waals surface area (Å²) < 4.78 is 5.37. The highest BCUT2D eigenvalue weighted by Crippen LogP contribution is 2.16. The third-order valence-electron chi connectivity index (χ3n) is 1.68. The van der Waals surface area contributed by atoms with E-state index in [0.29, 0.717) is 6.42 Å². The molecule has 1 aliphatic heterocycles. The van der Waals surface area contributed by atoms with Crippen LogP contribution in [-0.4, -0.2) is 35.4 Å². The molecule has 2 atom stereocenters. The van der Waals surface area contributed by atoms with Gasteiger partial charge < -0.3 is 9.84 Å². The van der Waals surface area contributed by atoms with E-state index in [-0.39, 0.29) is 12.2 Å². The lowest BCUT2D eigenvalue weighted by molar-refractivity contribution is -0.0196. The van der Waals surface area contributed by atoms with Crippen molar-refractivity contribution in [2.45, 2.75) is 18.6 Å². The number of aliphatic hydroxyl groups excluding tert-OH is 1. The fourth-order valence-corrected chi connectivity index (χ4v) is 1.98. The number of hydrogen-bond donors (Lipinski definition) is 1. The number of rotatable bonds is 3. The van der Waals surface area contributed by atoms with Crippen LogP contribution in [0.3, 0.4) is 0 Å². The zero-order chi connectivity index (χ0) is 8.10. The fourth-order valence-electron chi connectivity index (χ4n) is 1.05. The minimum Gasteiger partial charge on any atom is -0.390 e. The smallest absolute Gasteiger partial charge is 0.0927 e. The van der Waals surface area contributed by atoms with Gasteiger partial charge in [-0.3, -0.25) is 0 Å². The normalized spacial score (nSPS) is 27.9. The second-order valence-corrected chi connectivity index (χ2v) is 3.73. The van der Waals surface area contributed by atoms with Gasteiger partial charge in [0.25, 0.3) is 0 Å². The molecule has 0 aromatic rings. The van der Waals surface area contributed by atoms with Gasteiger partial charge in [-0.1, -0.05) is 6.08 Å². The van der Waals surface area contributed by atoms with Crippen LogP contribution in [0.1, 0.15) is 6.42 Å². The third kappa shape index (κ3) is 2.85. The Morgan fingerprint density at radius 2 is 2.64 bits per heavy atom. The Morgan fingerprint density at radius 1 is 1.82 bits per heavy atom. The summed E-state index contributed by atoms with van der Waals surface area (Å²) in [5, 5.41) is 9.46. The molecule has 0 aromatic heterocycles. The maximum Gasteiger partial charge on any atom is 0.0927 e. The number of ether oxygens (including phenoxy) is 1. The van der Waals surface area contributed by atoms with E-state index < -0.39 is 0 Å². The number of hydrogen-bond acceptors (Lipinski definition) is 3. The Kier molecular flexibility index (Phi) is 3.97. The summed E-state index contributed by atoms with van der Waals surface area (Å²) in [6.45, 7) is 4.34. The number of aliphatic hydroxyl groups is 1. The van der Waals surface area contributed by atoms with E-state index in [1.165, 1.54) is 0 Å². The van der Waals surface area contributed by atoms with Gasteiger partial charge in [0.2, 0.25) is 0 Å². The van der Waals surface area contributed by atoms with Crippen LogP contribution in [0.25, 0.3) is 0 Å². The first-order valence-corrected chi connectivity index (χ1v) is 4.98. The highest BCUT2D eigenvalue weighted by atomic mass is 32.2. The van der Waals surface area contributed by atoms with Crippen molar-refractivity contribution >= 4 is 11.8 Å². The summed E-state index contributed by atoms with van der Waals surface area (Å²) in [5.41, 5.74) is 0. The first-order chi connectivity index (χ1) is 5.34. The highest BCUT2D eigenvalue weighted by Gasteiger charge is 2.21. The van der Waals surface area contributed by atoms with E-state index in [1.807, 2.05) is 11.8 Å². The average Bonchev–Trinajstić information content (AvgIpc) is 2.07. The topological polar surface area (TPSA) is 29.5 Å². The minimum atomic E-state index is -0.361. The van der Waals surface area contributed by atoms with Crippen LogP contribution in [0, 0.1) is 0 Å². The molecule has 64 valence electrons. The van der Waals surface area contributed by atoms with Gasteiger partial charge in [0, 0.05) is 11.5 Å². The van der Waals surface area contributed by atoms with E-state index in [1.54, 1.807) is 6.08 Å². The first kappa shape index (κ1) is 9.10. The molecule has 0 amide bonds. The van der Waals surface area contributed by atoms with Gasteiger partial charge in [-0.15, -0.1) is 6.58 Å². The summed E-state index contributed by atoms with van der Waals surface area (Å²) in [6, 6.07) is 0. The monoisotopic (exact) mass is 174 g/mol. The van der Waals surface area contributed by atoms with Gasteiger partial charge in [-0.25, -0.2) is 0 Å². The van der Waals surface area contributed by atoms with Crippen LogP contribution in [0.15, 0.2) is 12.7 Å². The van der Waals surface area contributed by atoms with Crippen molar-refractivity contribution in [2.24, 2.45) is 0 Å². The molecule has 1 rings (SSSR count). The summed E-state index contributed by atoms with van der Waals surface area (Å²) in [5.74, 6) is 1.96. The standard InChI is InChI=1S/C8H14O2S/c1-2-3-7(9)8-6-11-5-4-10-8/h2,7-9H,1,3-6H2. The van der Waals surface area contributed by atoms with Crippen molar-refractivity contribution in [3.05, 3.63) is 12.7 Å². The molecule has 1 fully saturated rings. The van der Waals surface area contributed by atoms with Crippen LogP contribution in [0.4, 0.5) is 0 Å². The van der Waals surface area contributed by atoms with Gasteiger partial charge in [-0.2, -0.15) is 11.8 Å².